The zero-order valence-electron chi connectivity index (χ0n) is 21.1. The summed E-state index contributed by atoms with van der Waals surface area (Å²) in [6.07, 6.45) is 2.68. The Morgan fingerprint density at radius 3 is 1.82 bits per heavy atom. The number of benzene rings is 2. The molecule has 6 heteroatoms. The summed E-state index contributed by atoms with van der Waals surface area (Å²) in [4.78, 5) is 25.6. The number of amides is 2. The Hall–Kier alpha value is -3.02. The lowest BCUT2D eigenvalue weighted by Gasteiger charge is -2.47. The van der Waals surface area contributed by atoms with Crippen molar-refractivity contribution >= 4 is 11.8 Å². The first-order chi connectivity index (χ1) is 16.1. The van der Waals surface area contributed by atoms with Crippen LogP contribution >= 0.6 is 0 Å². The first-order valence-electron chi connectivity index (χ1n) is 12.2. The molecule has 0 unspecified atom stereocenters. The normalized spacial score (nSPS) is 21.4. The predicted octanol–water partition coefficient (Wildman–Crippen LogP) is 5.23. The van der Waals surface area contributed by atoms with E-state index in [1.165, 1.54) is 0 Å². The van der Waals surface area contributed by atoms with E-state index >= 15 is 0 Å². The summed E-state index contributed by atoms with van der Waals surface area (Å²) in [7, 11) is 0. The highest BCUT2D eigenvalue weighted by atomic mass is 16.5. The number of hydrogen-bond acceptors (Lipinski definition) is 4. The minimum absolute atomic E-state index is 0.0372. The van der Waals surface area contributed by atoms with Gasteiger partial charge in [-0.15, -0.1) is 0 Å². The molecule has 0 aliphatic heterocycles. The average molecular weight is 467 g/mol. The molecule has 2 amide bonds. The number of rotatable bonds is 9. The minimum Gasteiger partial charge on any atom is -0.494 e. The highest BCUT2D eigenvalue weighted by Gasteiger charge is 2.42. The lowest BCUT2D eigenvalue weighted by molar-refractivity contribution is 0.0592. The van der Waals surface area contributed by atoms with Crippen LogP contribution in [0.25, 0.3) is 0 Å². The number of nitrogens with one attached hydrogen (secondary N) is 2. The largest absolute Gasteiger partial charge is 0.494 e. The van der Waals surface area contributed by atoms with Crippen LogP contribution in [0.3, 0.4) is 0 Å². The van der Waals surface area contributed by atoms with Crippen LogP contribution in [0, 0.1) is 10.8 Å². The topological polar surface area (TPSA) is 76.7 Å². The fraction of sp³-hybridized carbons (Fsp3) is 0.500. The van der Waals surface area contributed by atoms with Crippen molar-refractivity contribution < 1.29 is 19.1 Å². The van der Waals surface area contributed by atoms with E-state index in [9.17, 15) is 9.59 Å². The molecule has 34 heavy (non-hydrogen) atoms. The van der Waals surface area contributed by atoms with Gasteiger partial charge >= 0.3 is 0 Å². The molecule has 0 radical (unpaired) electrons. The molecule has 3 rings (SSSR count). The molecular weight excluding hydrogens is 428 g/mol. The van der Waals surface area contributed by atoms with Crippen molar-refractivity contribution in [2.75, 3.05) is 19.8 Å². The average Bonchev–Trinajstić information content (AvgIpc) is 2.77. The summed E-state index contributed by atoms with van der Waals surface area (Å²) in [5.74, 6) is 1.34. The Balaban J connectivity index is 1.61. The first kappa shape index (κ1) is 25.6. The number of carbonyl (C=O) groups excluding carboxylic acids is 2. The molecule has 0 saturated heterocycles. The zero-order valence-corrected chi connectivity index (χ0v) is 21.1. The Bertz CT molecular complexity index is 969. The molecule has 2 aromatic carbocycles. The number of ether oxygens (including phenoxy) is 2. The lowest BCUT2D eigenvalue weighted by atomic mass is 9.62. The molecule has 2 N–H and O–H groups in total. The Morgan fingerprint density at radius 1 is 0.824 bits per heavy atom. The van der Waals surface area contributed by atoms with Crippen molar-refractivity contribution in [2.24, 2.45) is 10.8 Å². The van der Waals surface area contributed by atoms with Crippen LogP contribution in [-0.4, -0.2) is 37.6 Å². The quantitative estimate of drug-likeness (QED) is 0.531. The third-order valence-electron chi connectivity index (χ3n) is 6.31. The third kappa shape index (κ3) is 6.99. The van der Waals surface area contributed by atoms with E-state index in [4.69, 9.17) is 9.47 Å². The van der Waals surface area contributed by atoms with Gasteiger partial charge in [-0.3, -0.25) is 9.59 Å². The van der Waals surface area contributed by atoms with Gasteiger partial charge in [0.1, 0.15) is 11.5 Å². The molecule has 1 fully saturated rings. The van der Waals surface area contributed by atoms with Crippen molar-refractivity contribution in [1.82, 2.24) is 10.6 Å². The van der Waals surface area contributed by atoms with Gasteiger partial charge in [-0.1, -0.05) is 20.8 Å². The zero-order chi connectivity index (χ0) is 24.8. The van der Waals surface area contributed by atoms with Crippen LogP contribution in [0.4, 0.5) is 0 Å². The van der Waals surface area contributed by atoms with Crippen molar-refractivity contribution in [2.45, 2.75) is 59.9 Å². The van der Waals surface area contributed by atoms with E-state index in [1.54, 1.807) is 24.3 Å². The Kier molecular flexibility index (Phi) is 8.24. The van der Waals surface area contributed by atoms with E-state index in [2.05, 4.69) is 31.4 Å². The summed E-state index contributed by atoms with van der Waals surface area (Å²) >= 11 is 0. The Morgan fingerprint density at radius 2 is 1.32 bits per heavy atom. The SMILES string of the molecule is CCOc1ccc(C(=O)NC[C@@]2(C)C[C@@H](NC(=O)c3ccc(OCC)cc3)CC(C)(C)C2)cc1. The monoisotopic (exact) mass is 466 g/mol. The molecule has 6 nitrogen and oxygen atoms in total. The van der Waals surface area contributed by atoms with Gasteiger partial charge < -0.3 is 20.1 Å². The van der Waals surface area contributed by atoms with E-state index in [0.717, 1.165) is 30.8 Å². The minimum atomic E-state index is -0.126. The smallest absolute Gasteiger partial charge is 0.251 e. The molecule has 1 saturated carbocycles. The maximum atomic E-state index is 12.9. The van der Waals surface area contributed by atoms with E-state index in [-0.39, 0.29) is 28.7 Å². The number of carbonyl (C=O) groups is 2. The van der Waals surface area contributed by atoms with Crippen molar-refractivity contribution in [3.8, 4) is 11.5 Å². The van der Waals surface area contributed by atoms with Gasteiger partial charge in [0.05, 0.1) is 13.2 Å². The summed E-state index contributed by atoms with van der Waals surface area (Å²) in [6, 6.07) is 14.5. The molecule has 0 aromatic heterocycles. The third-order valence-corrected chi connectivity index (χ3v) is 6.31. The van der Waals surface area contributed by atoms with Crippen LogP contribution in [0.5, 0.6) is 11.5 Å². The maximum Gasteiger partial charge on any atom is 0.251 e. The van der Waals surface area contributed by atoms with E-state index in [0.29, 0.717) is 30.9 Å². The molecule has 184 valence electrons. The standard InChI is InChI=1S/C28H38N2O4/c1-6-33-23-12-8-20(9-13-23)25(31)29-19-28(5)17-22(16-27(3,4)18-28)30-26(32)21-10-14-24(15-11-21)34-7-2/h8-15,22H,6-7,16-19H2,1-5H3,(H,29,31)(H,30,32)/t22-,28-/m0/s1. The molecule has 2 aromatic rings. The van der Waals surface area contributed by atoms with Crippen molar-refractivity contribution in [3.63, 3.8) is 0 Å². The first-order valence-corrected chi connectivity index (χ1v) is 12.2. The van der Waals surface area contributed by atoms with Crippen molar-refractivity contribution in [1.29, 1.82) is 0 Å². The van der Waals surface area contributed by atoms with Gasteiger partial charge in [-0.05, 0) is 92.5 Å². The lowest BCUT2D eigenvalue weighted by Crippen LogP contribution is -2.50. The molecule has 0 bridgehead atoms. The summed E-state index contributed by atoms with van der Waals surface area (Å²) in [5, 5.41) is 6.34. The predicted molar refractivity (Wildman–Crippen MR) is 135 cm³/mol. The van der Waals surface area contributed by atoms with Gasteiger partial charge in [-0.25, -0.2) is 0 Å². The van der Waals surface area contributed by atoms with Crippen LogP contribution in [0.1, 0.15) is 74.6 Å². The second-order valence-corrected chi connectivity index (χ2v) is 10.3. The molecule has 0 spiro atoms. The fourth-order valence-corrected chi connectivity index (χ4v) is 5.27. The molecule has 2 atom stereocenters. The second-order valence-electron chi connectivity index (χ2n) is 10.3. The second kappa shape index (κ2) is 10.9. The molecule has 1 aliphatic rings. The Labute approximate surface area is 203 Å². The van der Waals surface area contributed by atoms with Crippen LogP contribution in [-0.2, 0) is 0 Å². The molecular formula is C28H38N2O4. The van der Waals surface area contributed by atoms with E-state index < -0.39 is 0 Å². The van der Waals surface area contributed by atoms with Crippen LogP contribution in [0.15, 0.2) is 48.5 Å². The van der Waals surface area contributed by atoms with Gasteiger partial charge in [-0.2, -0.15) is 0 Å². The molecule has 1 aliphatic carbocycles. The van der Waals surface area contributed by atoms with Crippen molar-refractivity contribution in [3.05, 3.63) is 59.7 Å². The fourth-order valence-electron chi connectivity index (χ4n) is 5.27. The summed E-state index contributed by atoms with van der Waals surface area (Å²) in [5.41, 5.74) is 1.16. The van der Waals surface area contributed by atoms with Gasteiger partial charge in [0, 0.05) is 23.7 Å². The highest BCUT2D eigenvalue weighted by molar-refractivity contribution is 5.95. The molecule has 0 heterocycles. The highest BCUT2D eigenvalue weighted by Crippen LogP contribution is 2.45. The van der Waals surface area contributed by atoms with Gasteiger partial charge in [0.25, 0.3) is 11.8 Å². The number of hydrogen-bond donors (Lipinski definition) is 2. The van der Waals surface area contributed by atoms with Crippen LogP contribution in [0.2, 0.25) is 0 Å². The van der Waals surface area contributed by atoms with Crippen LogP contribution < -0.4 is 20.1 Å². The van der Waals surface area contributed by atoms with Gasteiger partial charge in [0.15, 0.2) is 0 Å². The van der Waals surface area contributed by atoms with Gasteiger partial charge in [0.2, 0.25) is 0 Å². The summed E-state index contributed by atoms with van der Waals surface area (Å²) in [6.45, 7) is 12.3. The summed E-state index contributed by atoms with van der Waals surface area (Å²) < 4.78 is 10.9. The van der Waals surface area contributed by atoms with E-state index in [1.807, 2.05) is 38.1 Å². The maximum absolute atomic E-state index is 12.9.